The van der Waals surface area contributed by atoms with Crippen molar-refractivity contribution >= 4 is 11.8 Å². The largest absolute Gasteiger partial charge is 0.501 e. The predicted molar refractivity (Wildman–Crippen MR) is 91.8 cm³/mol. The van der Waals surface area contributed by atoms with Crippen molar-refractivity contribution in [3.63, 3.8) is 0 Å². The molecular weight excluding hydrogens is 359 g/mol. The monoisotopic (exact) mass is 378 g/mol. The van der Waals surface area contributed by atoms with Gasteiger partial charge < -0.3 is 25.2 Å². The maximum atomic E-state index is 12.9. The molecule has 2 amide bonds. The maximum Gasteiger partial charge on any atom is 0.291 e. The van der Waals surface area contributed by atoms with Crippen molar-refractivity contribution < 1.29 is 28.9 Å². The summed E-state index contributed by atoms with van der Waals surface area (Å²) in [5.41, 5.74) is 0.0613. The summed E-state index contributed by atoms with van der Waals surface area (Å²) in [6.45, 7) is 0.546. The second kappa shape index (κ2) is 8.90. The Bertz CT molecular complexity index is 829. The number of likely N-dealkylation sites (N-methyl/N-ethyl adjacent to an activating group) is 1. The molecule has 0 fully saturated rings. The van der Waals surface area contributed by atoms with E-state index < -0.39 is 40.8 Å². The van der Waals surface area contributed by atoms with Crippen LogP contribution in [-0.2, 0) is 11.3 Å². The Labute approximate surface area is 154 Å². The molecule has 9 nitrogen and oxygen atoms in total. The zero-order valence-corrected chi connectivity index (χ0v) is 14.8. The lowest BCUT2D eigenvalue weighted by molar-refractivity contribution is 0.0730. The van der Waals surface area contributed by atoms with Crippen molar-refractivity contribution in [3.8, 4) is 11.6 Å². The van der Waals surface area contributed by atoms with Crippen LogP contribution in [0.25, 0.3) is 0 Å². The van der Waals surface area contributed by atoms with Crippen LogP contribution in [0.15, 0.2) is 24.3 Å². The normalized spacial score (nSPS) is 10.5. The van der Waals surface area contributed by atoms with Crippen molar-refractivity contribution in [3.05, 3.63) is 47.2 Å². The lowest BCUT2D eigenvalue weighted by Gasteiger charge is -2.16. The van der Waals surface area contributed by atoms with Gasteiger partial charge >= 0.3 is 0 Å². The van der Waals surface area contributed by atoms with Crippen LogP contribution in [0.5, 0.6) is 11.6 Å². The Morgan fingerprint density at radius 1 is 1.22 bits per heavy atom. The Balaban J connectivity index is 2.17. The molecule has 0 bridgehead atoms. The molecule has 0 radical (unpaired) electrons. The van der Waals surface area contributed by atoms with Crippen LogP contribution in [0.3, 0.4) is 0 Å². The van der Waals surface area contributed by atoms with Crippen molar-refractivity contribution in [2.24, 2.45) is 0 Å². The lowest BCUT2D eigenvalue weighted by atomic mass is 10.2. The molecule has 0 aliphatic rings. The van der Waals surface area contributed by atoms with Crippen LogP contribution >= 0.6 is 0 Å². The second-order valence-corrected chi connectivity index (χ2v) is 5.60. The van der Waals surface area contributed by atoms with E-state index in [0.29, 0.717) is 5.56 Å². The third kappa shape index (κ3) is 5.11. The highest BCUT2D eigenvalue weighted by Crippen LogP contribution is 2.25. The van der Waals surface area contributed by atoms with Gasteiger partial charge in [0.05, 0.1) is 6.61 Å². The van der Waals surface area contributed by atoms with E-state index in [2.05, 4.69) is 15.3 Å². The summed E-state index contributed by atoms with van der Waals surface area (Å²) >= 11 is 0. The molecule has 3 N–H and O–H groups in total. The number of halogens is 1. The van der Waals surface area contributed by atoms with Gasteiger partial charge in [-0.25, -0.2) is 9.37 Å². The van der Waals surface area contributed by atoms with E-state index in [-0.39, 0.29) is 19.7 Å². The van der Waals surface area contributed by atoms with E-state index >= 15 is 0 Å². The van der Waals surface area contributed by atoms with Crippen molar-refractivity contribution in [2.45, 2.75) is 6.54 Å². The highest BCUT2D eigenvalue weighted by Gasteiger charge is 2.24. The zero-order valence-electron chi connectivity index (χ0n) is 14.8. The van der Waals surface area contributed by atoms with Crippen LogP contribution in [0, 0.1) is 5.82 Å². The van der Waals surface area contributed by atoms with Crippen LogP contribution in [0.2, 0.25) is 0 Å². The van der Waals surface area contributed by atoms with Gasteiger partial charge in [0, 0.05) is 27.2 Å². The first-order valence-electron chi connectivity index (χ1n) is 7.90. The van der Waals surface area contributed by atoms with Gasteiger partial charge in [-0.3, -0.25) is 9.59 Å². The number of rotatable bonds is 7. The first-order chi connectivity index (χ1) is 12.8. The van der Waals surface area contributed by atoms with Gasteiger partial charge in [0.2, 0.25) is 11.6 Å². The molecule has 10 heteroatoms. The van der Waals surface area contributed by atoms with Crippen LogP contribution in [0.1, 0.15) is 26.7 Å². The quantitative estimate of drug-likeness (QED) is 0.647. The number of ether oxygens (including phenoxy) is 1. The summed E-state index contributed by atoms with van der Waals surface area (Å²) in [7, 11) is 2.95. The molecule has 0 aliphatic carbocycles. The third-order valence-corrected chi connectivity index (χ3v) is 3.62. The molecular formula is C17H19FN4O5. The molecule has 0 spiro atoms. The number of aromatic nitrogens is 2. The summed E-state index contributed by atoms with van der Waals surface area (Å²) in [6.07, 6.45) is 0. The van der Waals surface area contributed by atoms with Crippen LogP contribution < -0.4 is 5.32 Å². The molecule has 1 aromatic carbocycles. The molecule has 27 heavy (non-hydrogen) atoms. The first-order valence-corrected chi connectivity index (χ1v) is 7.90. The Morgan fingerprint density at radius 3 is 2.52 bits per heavy atom. The van der Waals surface area contributed by atoms with Gasteiger partial charge in [0.25, 0.3) is 17.7 Å². The number of hydrogen-bond donors (Lipinski definition) is 3. The zero-order chi connectivity index (χ0) is 20.0. The molecule has 144 valence electrons. The van der Waals surface area contributed by atoms with Gasteiger partial charge in [-0.15, -0.1) is 0 Å². The Kier molecular flexibility index (Phi) is 6.61. The molecule has 0 aliphatic heterocycles. The average Bonchev–Trinajstić information content (AvgIpc) is 2.66. The molecule has 0 unspecified atom stereocenters. The number of carbonyl (C=O) groups is 2. The standard InChI is InChI=1S/C17H19FN4O5/c1-22(7-8-27-2)17(26)14-20-12(13(23)16(25)21-14)15(24)19-9-10-3-5-11(18)6-4-10/h3-6,23H,7-9H2,1-2H3,(H,19,24)(H,20,21,25). The van der Waals surface area contributed by atoms with Crippen molar-refractivity contribution in [1.82, 2.24) is 20.2 Å². The van der Waals surface area contributed by atoms with Gasteiger partial charge in [-0.2, -0.15) is 4.98 Å². The molecule has 2 aromatic rings. The number of carbonyl (C=O) groups excluding carboxylic acids is 2. The summed E-state index contributed by atoms with van der Waals surface area (Å²) in [6, 6.07) is 5.43. The minimum atomic E-state index is -0.888. The molecule has 1 aromatic heterocycles. The highest BCUT2D eigenvalue weighted by molar-refractivity contribution is 5.97. The first kappa shape index (κ1) is 20.0. The second-order valence-electron chi connectivity index (χ2n) is 5.60. The molecule has 0 saturated carbocycles. The Morgan fingerprint density at radius 2 is 1.89 bits per heavy atom. The average molecular weight is 378 g/mol. The smallest absolute Gasteiger partial charge is 0.291 e. The van der Waals surface area contributed by atoms with Gasteiger partial charge in [0.1, 0.15) is 5.82 Å². The van der Waals surface area contributed by atoms with E-state index in [4.69, 9.17) is 4.74 Å². The lowest BCUT2D eigenvalue weighted by Crippen LogP contribution is -2.32. The summed E-state index contributed by atoms with van der Waals surface area (Å²) in [5.74, 6) is -4.08. The third-order valence-electron chi connectivity index (χ3n) is 3.62. The summed E-state index contributed by atoms with van der Waals surface area (Å²) < 4.78 is 17.8. The minimum absolute atomic E-state index is 0.0281. The number of benzene rings is 1. The van der Waals surface area contributed by atoms with Crippen molar-refractivity contribution in [2.75, 3.05) is 27.3 Å². The van der Waals surface area contributed by atoms with Gasteiger partial charge in [-0.05, 0) is 17.7 Å². The minimum Gasteiger partial charge on any atom is -0.501 e. The number of hydrogen-bond acceptors (Lipinski definition) is 7. The number of amides is 2. The maximum absolute atomic E-state index is 12.9. The number of nitrogens with one attached hydrogen (secondary N) is 1. The predicted octanol–water partition coefficient (Wildman–Crippen LogP) is 0.675. The van der Waals surface area contributed by atoms with Crippen molar-refractivity contribution in [1.29, 1.82) is 0 Å². The fourth-order valence-electron chi connectivity index (χ4n) is 2.07. The molecule has 2 rings (SSSR count). The van der Waals surface area contributed by atoms with E-state index in [1.807, 2.05) is 0 Å². The van der Waals surface area contributed by atoms with Gasteiger partial charge in [-0.1, -0.05) is 12.1 Å². The molecule has 0 saturated heterocycles. The van der Waals surface area contributed by atoms with Gasteiger partial charge in [0.15, 0.2) is 5.69 Å². The number of nitrogens with zero attached hydrogens (tertiary/aromatic N) is 3. The number of aromatic hydroxyl groups is 2. The van der Waals surface area contributed by atoms with Crippen LogP contribution in [-0.4, -0.2) is 64.2 Å². The van der Waals surface area contributed by atoms with E-state index in [1.165, 1.54) is 43.3 Å². The van der Waals surface area contributed by atoms with E-state index in [1.54, 1.807) is 0 Å². The SMILES string of the molecule is COCCN(C)C(=O)c1nc(O)c(O)c(C(=O)NCc2ccc(F)cc2)n1. The fraction of sp³-hybridized carbons (Fsp3) is 0.294. The molecule has 0 atom stereocenters. The Hall–Kier alpha value is -3.27. The highest BCUT2D eigenvalue weighted by atomic mass is 19.1. The topological polar surface area (TPSA) is 125 Å². The van der Waals surface area contributed by atoms with E-state index in [0.717, 1.165) is 0 Å². The fourth-order valence-corrected chi connectivity index (χ4v) is 2.07. The van der Waals surface area contributed by atoms with E-state index in [9.17, 15) is 24.2 Å². The summed E-state index contributed by atoms with van der Waals surface area (Å²) in [4.78, 5) is 33.1. The van der Waals surface area contributed by atoms with Crippen LogP contribution in [0.4, 0.5) is 4.39 Å². The number of methoxy groups -OCH3 is 1. The molecule has 1 heterocycles. The summed E-state index contributed by atoms with van der Waals surface area (Å²) in [5, 5.41) is 22.1.